The third-order valence-electron chi connectivity index (χ3n) is 3.64. The van der Waals surface area contributed by atoms with Gasteiger partial charge in [-0.1, -0.05) is 13.8 Å². The van der Waals surface area contributed by atoms with E-state index in [1.807, 2.05) is 20.8 Å². The summed E-state index contributed by atoms with van der Waals surface area (Å²) in [5.74, 6) is -1.23. The van der Waals surface area contributed by atoms with Crippen molar-refractivity contribution in [1.29, 1.82) is 0 Å². The van der Waals surface area contributed by atoms with Crippen molar-refractivity contribution in [2.45, 2.75) is 46.6 Å². The van der Waals surface area contributed by atoms with Crippen LogP contribution in [0.3, 0.4) is 0 Å². The summed E-state index contributed by atoms with van der Waals surface area (Å²) in [7, 11) is 0. The maximum atomic E-state index is 11.9. The monoisotopic (exact) mass is 359 g/mol. The lowest BCUT2D eigenvalue weighted by atomic mass is 9.92. The van der Waals surface area contributed by atoms with Crippen LogP contribution in [0.15, 0.2) is 0 Å². The first kappa shape index (κ1) is 23.3. The molecule has 0 aliphatic heterocycles. The number of nitrogens with two attached hydrogens (primary N) is 1. The normalized spacial score (nSPS) is 13.3. The summed E-state index contributed by atoms with van der Waals surface area (Å²) in [5.41, 5.74) is 5.29. The second-order valence-corrected chi connectivity index (χ2v) is 6.26. The summed E-state index contributed by atoms with van der Waals surface area (Å²) in [4.78, 5) is 34.5. The second kappa shape index (κ2) is 13.6. The van der Waals surface area contributed by atoms with Gasteiger partial charge in [-0.2, -0.15) is 0 Å². The van der Waals surface area contributed by atoms with Crippen molar-refractivity contribution in [2.75, 3.05) is 32.9 Å². The molecule has 0 saturated carbocycles. The second-order valence-electron chi connectivity index (χ2n) is 6.26. The SMILES string of the molecule is CCC(CC(C)C(=O)NCCOCCNC(=O)COC(C)C)C(N)=O. The largest absolute Gasteiger partial charge is 0.378 e. The molecule has 0 fully saturated rings. The quantitative estimate of drug-likeness (QED) is 0.383. The van der Waals surface area contributed by atoms with E-state index in [2.05, 4.69) is 10.6 Å². The van der Waals surface area contributed by atoms with E-state index in [9.17, 15) is 14.4 Å². The van der Waals surface area contributed by atoms with Crippen LogP contribution in [0.4, 0.5) is 0 Å². The van der Waals surface area contributed by atoms with Gasteiger partial charge in [0.1, 0.15) is 6.61 Å². The molecule has 146 valence electrons. The van der Waals surface area contributed by atoms with Crippen molar-refractivity contribution in [2.24, 2.45) is 17.6 Å². The van der Waals surface area contributed by atoms with Gasteiger partial charge in [0.15, 0.2) is 0 Å². The van der Waals surface area contributed by atoms with Crippen LogP contribution < -0.4 is 16.4 Å². The highest BCUT2D eigenvalue weighted by Gasteiger charge is 2.21. The van der Waals surface area contributed by atoms with Crippen molar-refractivity contribution in [1.82, 2.24) is 10.6 Å². The van der Waals surface area contributed by atoms with Crippen molar-refractivity contribution in [3.63, 3.8) is 0 Å². The molecule has 8 nitrogen and oxygen atoms in total. The minimum atomic E-state index is -0.369. The van der Waals surface area contributed by atoms with E-state index in [0.29, 0.717) is 39.1 Å². The van der Waals surface area contributed by atoms with E-state index in [0.717, 1.165) is 0 Å². The first-order valence-electron chi connectivity index (χ1n) is 8.80. The first-order chi connectivity index (χ1) is 11.8. The molecule has 25 heavy (non-hydrogen) atoms. The lowest BCUT2D eigenvalue weighted by Crippen LogP contribution is -2.35. The zero-order chi connectivity index (χ0) is 19.2. The molecule has 0 radical (unpaired) electrons. The number of nitrogens with one attached hydrogen (secondary N) is 2. The number of amides is 3. The van der Waals surface area contributed by atoms with E-state index in [1.54, 1.807) is 6.92 Å². The molecule has 2 unspecified atom stereocenters. The Kier molecular flexibility index (Phi) is 12.7. The van der Waals surface area contributed by atoms with Crippen LogP contribution in [0.5, 0.6) is 0 Å². The minimum Gasteiger partial charge on any atom is -0.378 e. The van der Waals surface area contributed by atoms with Gasteiger partial charge in [0.05, 0.1) is 19.3 Å². The number of carbonyl (C=O) groups is 3. The maximum absolute atomic E-state index is 11.9. The van der Waals surface area contributed by atoms with E-state index >= 15 is 0 Å². The van der Waals surface area contributed by atoms with E-state index < -0.39 is 0 Å². The van der Waals surface area contributed by atoms with Crippen LogP contribution in [0.2, 0.25) is 0 Å². The minimum absolute atomic E-state index is 0.0172. The van der Waals surface area contributed by atoms with Gasteiger partial charge < -0.3 is 25.8 Å². The summed E-state index contributed by atoms with van der Waals surface area (Å²) in [6.45, 7) is 8.89. The summed E-state index contributed by atoms with van der Waals surface area (Å²) in [5, 5.41) is 5.43. The average Bonchev–Trinajstić information content (AvgIpc) is 2.55. The predicted octanol–water partition coefficient (Wildman–Crippen LogP) is 0.198. The predicted molar refractivity (Wildman–Crippen MR) is 94.7 cm³/mol. The Balaban J connectivity index is 3.69. The van der Waals surface area contributed by atoms with E-state index in [-0.39, 0.29) is 42.3 Å². The summed E-state index contributed by atoms with van der Waals surface area (Å²) in [6.07, 6.45) is 1.09. The molecule has 0 rings (SSSR count). The molecular formula is C17H33N3O5. The fourth-order valence-corrected chi connectivity index (χ4v) is 2.10. The Bertz CT molecular complexity index is 415. The molecule has 8 heteroatoms. The average molecular weight is 359 g/mol. The Morgan fingerprint density at radius 3 is 2.16 bits per heavy atom. The molecule has 0 aliphatic rings. The standard InChI is InChI=1S/C17H33N3O5/c1-5-14(16(18)22)10-13(4)17(23)20-7-9-24-8-6-19-15(21)11-25-12(2)3/h12-14H,5-11H2,1-4H3,(H2,18,22)(H,19,21)(H,20,23). The molecule has 0 aromatic carbocycles. The fourth-order valence-electron chi connectivity index (χ4n) is 2.10. The Morgan fingerprint density at radius 2 is 1.64 bits per heavy atom. The topological polar surface area (TPSA) is 120 Å². The fraction of sp³-hybridized carbons (Fsp3) is 0.824. The number of carbonyl (C=O) groups excluding carboxylic acids is 3. The van der Waals surface area contributed by atoms with Gasteiger partial charge >= 0.3 is 0 Å². The van der Waals surface area contributed by atoms with E-state index in [1.165, 1.54) is 0 Å². The molecular weight excluding hydrogens is 326 g/mol. The molecule has 4 N–H and O–H groups in total. The number of primary amides is 1. The van der Waals surface area contributed by atoms with Gasteiger partial charge in [-0.15, -0.1) is 0 Å². The number of hydrogen-bond donors (Lipinski definition) is 3. The van der Waals surface area contributed by atoms with Gasteiger partial charge in [-0.3, -0.25) is 14.4 Å². The highest BCUT2D eigenvalue weighted by atomic mass is 16.5. The molecule has 0 bridgehead atoms. The lowest BCUT2D eigenvalue weighted by molar-refractivity contribution is -0.127. The van der Waals surface area contributed by atoms with Crippen LogP contribution in [0, 0.1) is 11.8 Å². The Labute approximate surface area is 150 Å². The van der Waals surface area contributed by atoms with Gasteiger partial charge in [0, 0.05) is 24.9 Å². The van der Waals surface area contributed by atoms with Crippen LogP contribution >= 0.6 is 0 Å². The maximum Gasteiger partial charge on any atom is 0.246 e. The molecule has 0 saturated heterocycles. The third kappa shape index (κ3) is 12.4. The molecule has 0 spiro atoms. The first-order valence-corrected chi connectivity index (χ1v) is 8.80. The highest BCUT2D eigenvalue weighted by Crippen LogP contribution is 2.15. The van der Waals surface area contributed by atoms with Crippen molar-refractivity contribution in [3.05, 3.63) is 0 Å². The molecule has 0 heterocycles. The van der Waals surface area contributed by atoms with Gasteiger partial charge in [0.2, 0.25) is 17.7 Å². The van der Waals surface area contributed by atoms with Crippen molar-refractivity contribution in [3.8, 4) is 0 Å². The summed E-state index contributed by atoms with van der Waals surface area (Å²) >= 11 is 0. The lowest BCUT2D eigenvalue weighted by Gasteiger charge is -2.16. The molecule has 0 aromatic rings. The summed E-state index contributed by atoms with van der Waals surface area (Å²) < 4.78 is 10.5. The summed E-state index contributed by atoms with van der Waals surface area (Å²) in [6, 6.07) is 0. The zero-order valence-electron chi connectivity index (χ0n) is 15.8. The third-order valence-corrected chi connectivity index (χ3v) is 3.64. The van der Waals surface area contributed by atoms with Gasteiger partial charge in [-0.25, -0.2) is 0 Å². The molecule has 0 aliphatic carbocycles. The van der Waals surface area contributed by atoms with Crippen LogP contribution in [-0.4, -0.2) is 56.7 Å². The number of hydrogen-bond acceptors (Lipinski definition) is 5. The molecule has 0 aromatic heterocycles. The Morgan fingerprint density at radius 1 is 1.04 bits per heavy atom. The van der Waals surface area contributed by atoms with Crippen LogP contribution in [0.25, 0.3) is 0 Å². The number of rotatable bonds is 14. The van der Waals surface area contributed by atoms with Crippen molar-refractivity contribution >= 4 is 17.7 Å². The smallest absolute Gasteiger partial charge is 0.246 e. The van der Waals surface area contributed by atoms with E-state index in [4.69, 9.17) is 15.2 Å². The molecule has 3 amide bonds. The van der Waals surface area contributed by atoms with Gasteiger partial charge in [0.25, 0.3) is 0 Å². The van der Waals surface area contributed by atoms with Crippen LogP contribution in [0.1, 0.15) is 40.5 Å². The van der Waals surface area contributed by atoms with Crippen LogP contribution in [-0.2, 0) is 23.9 Å². The zero-order valence-corrected chi connectivity index (χ0v) is 15.8. The molecule has 2 atom stereocenters. The van der Waals surface area contributed by atoms with Crippen molar-refractivity contribution < 1.29 is 23.9 Å². The number of ether oxygens (including phenoxy) is 2. The van der Waals surface area contributed by atoms with Gasteiger partial charge in [-0.05, 0) is 26.7 Å². The Hall–Kier alpha value is -1.67. The highest BCUT2D eigenvalue weighted by molar-refractivity contribution is 5.80.